The van der Waals surface area contributed by atoms with E-state index in [1.165, 1.54) is 0 Å². The smallest absolute Gasteiger partial charge is 0.227 e. The van der Waals surface area contributed by atoms with Crippen molar-refractivity contribution in [2.45, 2.75) is 31.8 Å². The van der Waals surface area contributed by atoms with Crippen molar-refractivity contribution < 1.29 is 9.90 Å². The van der Waals surface area contributed by atoms with E-state index in [-0.39, 0.29) is 17.9 Å². The van der Waals surface area contributed by atoms with Gasteiger partial charge in [0.05, 0.1) is 6.10 Å². The van der Waals surface area contributed by atoms with Crippen molar-refractivity contribution in [3.05, 3.63) is 43.0 Å². The quantitative estimate of drug-likeness (QED) is 0.761. The number of likely N-dealkylation sites (tertiary alicyclic amines) is 1. The van der Waals surface area contributed by atoms with Crippen LogP contribution in [0.1, 0.15) is 25.7 Å². The van der Waals surface area contributed by atoms with E-state index in [2.05, 4.69) is 16.8 Å². The SMILES string of the molecule is C=CCCC(O)CN1CCC(C(=O)Nc2ccccc2)CC1. The maximum Gasteiger partial charge on any atom is 0.227 e. The molecule has 0 saturated carbocycles. The van der Waals surface area contributed by atoms with E-state index in [9.17, 15) is 9.90 Å². The van der Waals surface area contributed by atoms with Crippen molar-refractivity contribution in [2.75, 3.05) is 25.0 Å². The Balaban J connectivity index is 1.72. The summed E-state index contributed by atoms with van der Waals surface area (Å²) in [6.07, 6.45) is 4.85. The van der Waals surface area contributed by atoms with Crippen molar-refractivity contribution in [1.29, 1.82) is 0 Å². The summed E-state index contributed by atoms with van der Waals surface area (Å²) in [5, 5.41) is 12.9. The second-order valence-corrected chi connectivity index (χ2v) is 5.95. The van der Waals surface area contributed by atoms with Crippen LogP contribution < -0.4 is 5.32 Å². The molecule has 2 rings (SSSR count). The number of aliphatic hydroxyl groups is 1. The number of anilines is 1. The van der Waals surface area contributed by atoms with Gasteiger partial charge >= 0.3 is 0 Å². The molecule has 1 aromatic rings. The largest absolute Gasteiger partial charge is 0.392 e. The van der Waals surface area contributed by atoms with E-state index in [0.29, 0.717) is 6.54 Å². The number of carbonyl (C=O) groups excluding carboxylic acids is 1. The lowest BCUT2D eigenvalue weighted by Gasteiger charge is -2.32. The monoisotopic (exact) mass is 302 g/mol. The summed E-state index contributed by atoms with van der Waals surface area (Å²) in [4.78, 5) is 14.5. The molecule has 2 N–H and O–H groups in total. The minimum Gasteiger partial charge on any atom is -0.392 e. The van der Waals surface area contributed by atoms with Gasteiger partial charge in [-0.15, -0.1) is 6.58 Å². The van der Waals surface area contributed by atoms with Crippen LogP contribution in [-0.2, 0) is 4.79 Å². The normalized spacial score (nSPS) is 17.9. The van der Waals surface area contributed by atoms with Gasteiger partial charge in [0.1, 0.15) is 0 Å². The van der Waals surface area contributed by atoms with Gasteiger partial charge in [-0.25, -0.2) is 0 Å². The maximum atomic E-state index is 12.2. The molecule has 22 heavy (non-hydrogen) atoms. The van der Waals surface area contributed by atoms with Crippen molar-refractivity contribution >= 4 is 11.6 Å². The molecular formula is C18H26N2O2. The first-order valence-electron chi connectivity index (χ1n) is 8.06. The van der Waals surface area contributed by atoms with E-state index in [1.807, 2.05) is 36.4 Å². The van der Waals surface area contributed by atoms with Crippen LogP contribution >= 0.6 is 0 Å². The molecule has 1 aromatic carbocycles. The molecule has 0 aliphatic carbocycles. The summed E-state index contributed by atoms with van der Waals surface area (Å²) in [6, 6.07) is 9.59. The summed E-state index contributed by atoms with van der Waals surface area (Å²) in [5.41, 5.74) is 0.856. The number of carbonyl (C=O) groups is 1. The molecule has 0 radical (unpaired) electrons. The van der Waals surface area contributed by atoms with E-state index in [0.717, 1.165) is 44.5 Å². The van der Waals surface area contributed by atoms with E-state index >= 15 is 0 Å². The number of allylic oxidation sites excluding steroid dienone is 1. The Kier molecular flexibility index (Phi) is 6.62. The Labute approximate surface area is 132 Å². The third-order valence-corrected chi connectivity index (χ3v) is 4.17. The molecule has 1 saturated heterocycles. The molecule has 4 heteroatoms. The second kappa shape index (κ2) is 8.71. The molecule has 1 aliphatic heterocycles. The topological polar surface area (TPSA) is 52.6 Å². The molecule has 1 aliphatic rings. The van der Waals surface area contributed by atoms with Gasteiger partial charge in [-0.1, -0.05) is 24.3 Å². The molecular weight excluding hydrogens is 276 g/mol. The highest BCUT2D eigenvalue weighted by atomic mass is 16.3. The van der Waals surface area contributed by atoms with Crippen LogP contribution in [0, 0.1) is 5.92 Å². The third-order valence-electron chi connectivity index (χ3n) is 4.17. The molecule has 1 unspecified atom stereocenters. The number of aliphatic hydroxyl groups excluding tert-OH is 1. The zero-order valence-corrected chi connectivity index (χ0v) is 13.1. The number of nitrogens with zero attached hydrogens (tertiary/aromatic N) is 1. The van der Waals surface area contributed by atoms with E-state index in [4.69, 9.17) is 0 Å². The number of nitrogens with one attached hydrogen (secondary N) is 1. The highest BCUT2D eigenvalue weighted by molar-refractivity contribution is 5.92. The maximum absolute atomic E-state index is 12.2. The van der Waals surface area contributed by atoms with Crippen molar-refractivity contribution in [2.24, 2.45) is 5.92 Å². The number of benzene rings is 1. The minimum atomic E-state index is -0.298. The van der Waals surface area contributed by atoms with Gasteiger partial charge < -0.3 is 15.3 Å². The first-order valence-corrected chi connectivity index (χ1v) is 8.06. The molecule has 0 spiro atoms. The lowest BCUT2D eigenvalue weighted by Crippen LogP contribution is -2.41. The molecule has 1 atom stereocenters. The van der Waals surface area contributed by atoms with Gasteiger partial charge in [0.15, 0.2) is 0 Å². The predicted octanol–water partition coefficient (Wildman–Crippen LogP) is 2.66. The summed E-state index contributed by atoms with van der Waals surface area (Å²) >= 11 is 0. The first-order chi connectivity index (χ1) is 10.7. The third kappa shape index (κ3) is 5.28. The van der Waals surface area contributed by atoms with Crippen LogP contribution in [0.4, 0.5) is 5.69 Å². The van der Waals surface area contributed by atoms with Gasteiger partial charge in [0.2, 0.25) is 5.91 Å². The van der Waals surface area contributed by atoms with Gasteiger partial charge in [0, 0.05) is 18.2 Å². The van der Waals surface area contributed by atoms with Crippen LogP contribution in [0.15, 0.2) is 43.0 Å². The van der Waals surface area contributed by atoms with Gasteiger partial charge in [-0.3, -0.25) is 4.79 Å². The van der Waals surface area contributed by atoms with Gasteiger partial charge in [-0.2, -0.15) is 0 Å². The number of piperidine rings is 1. The molecule has 1 amide bonds. The Bertz CT molecular complexity index is 467. The number of amides is 1. The number of hydrogen-bond acceptors (Lipinski definition) is 3. The predicted molar refractivity (Wildman–Crippen MR) is 89.7 cm³/mol. The highest BCUT2D eigenvalue weighted by Crippen LogP contribution is 2.20. The van der Waals surface area contributed by atoms with Gasteiger partial charge in [0.25, 0.3) is 0 Å². The van der Waals surface area contributed by atoms with Crippen LogP contribution in [0.25, 0.3) is 0 Å². The fourth-order valence-electron chi connectivity index (χ4n) is 2.84. The molecule has 0 bridgehead atoms. The molecule has 4 nitrogen and oxygen atoms in total. The van der Waals surface area contributed by atoms with E-state index in [1.54, 1.807) is 0 Å². The molecule has 1 fully saturated rings. The zero-order chi connectivity index (χ0) is 15.8. The number of β-amino-alcohol motifs (C(OH)–C–C–N with tert-alkyl or cyclic N) is 1. The number of hydrogen-bond donors (Lipinski definition) is 2. The zero-order valence-electron chi connectivity index (χ0n) is 13.1. The fraction of sp³-hybridized carbons (Fsp3) is 0.500. The summed E-state index contributed by atoms with van der Waals surface area (Å²) in [5.74, 6) is 0.180. The summed E-state index contributed by atoms with van der Waals surface area (Å²) in [6.45, 7) is 6.12. The Morgan fingerprint density at radius 1 is 1.36 bits per heavy atom. The fourth-order valence-corrected chi connectivity index (χ4v) is 2.84. The van der Waals surface area contributed by atoms with Crippen LogP contribution in [0.2, 0.25) is 0 Å². The highest BCUT2D eigenvalue weighted by Gasteiger charge is 2.25. The Morgan fingerprint density at radius 3 is 2.68 bits per heavy atom. The number of rotatable bonds is 7. The molecule has 0 aromatic heterocycles. The molecule has 1 heterocycles. The second-order valence-electron chi connectivity index (χ2n) is 5.95. The average Bonchev–Trinajstić information content (AvgIpc) is 2.54. The molecule has 120 valence electrons. The van der Waals surface area contributed by atoms with Crippen LogP contribution in [0.3, 0.4) is 0 Å². The average molecular weight is 302 g/mol. The Morgan fingerprint density at radius 2 is 2.05 bits per heavy atom. The summed E-state index contributed by atoms with van der Waals surface area (Å²) in [7, 11) is 0. The van der Waals surface area contributed by atoms with Crippen molar-refractivity contribution in [3.63, 3.8) is 0 Å². The van der Waals surface area contributed by atoms with Crippen molar-refractivity contribution in [3.8, 4) is 0 Å². The van der Waals surface area contributed by atoms with E-state index < -0.39 is 0 Å². The lowest BCUT2D eigenvalue weighted by molar-refractivity contribution is -0.121. The first kappa shape index (κ1) is 16.7. The van der Waals surface area contributed by atoms with Gasteiger partial charge in [-0.05, 0) is 50.9 Å². The Hall–Kier alpha value is -1.65. The standard InChI is InChI=1S/C18H26N2O2/c1-2-3-9-17(21)14-20-12-10-15(11-13-20)18(22)19-16-7-5-4-6-8-16/h2,4-8,15,17,21H,1,3,9-14H2,(H,19,22). The van der Waals surface area contributed by atoms with Crippen LogP contribution in [-0.4, -0.2) is 41.7 Å². The lowest BCUT2D eigenvalue weighted by atomic mass is 9.95. The summed E-state index contributed by atoms with van der Waals surface area (Å²) < 4.78 is 0. The van der Waals surface area contributed by atoms with Crippen molar-refractivity contribution in [1.82, 2.24) is 4.90 Å². The van der Waals surface area contributed by atoms with Crippen LogP contribution in [0.5, 0.6) is 0 Å². The minimum absolute atomic E-state index is 0.0711. The number of para-hydroxylation sites is 1.